The first-order valence-corrected chi connectivity index (χ1v) is 6.21. The molecule has 0 radical (unpaired) electrons. The zero-order chi connectivity index (χ0) is 10.6. The van der Waals surface area contributed by atoms with Gasteiger partial charge in [0.1, 0.15) is 0 Å². The monoisotopic (exact) mass is 237 g/mol. The van der Waals surface area contributed by atoms with Crippen molar-refractivity contribution in [2.24, 2.45) is 0 Å². The third-order valence-electron chi connectivity index (χ3n) is 1.45. The van der Waals surface area contributed by atoms with Crippen molar-refractivity contribution < 1.29 is 8.42 Å². The van der Waals surface area contributed by atoms with E-state index in [9.17, 15) is 8.42 Å². The van der Waals surface area contributed by atoms with Gasteiger partial charge in [0.15, 0.2) is 0 Å². The molecule has 0 unspecified atom stereocenters. The van der Waals surface area contributed by atoms with E-state index in [2.05, 4.69) is 20.2 Å². The van der Waals surface area contributed by atoms with Crippen LogP contribution in [0.4, 0.5) is 0 Å². The highest BCUT2D eigenvalue weighted by atomic mass is 32.2. The second-order valence-corrected chi connectivity index (χ2v) is 4.95. The smallest absolute Gasteiger partial charge is 0.238 e. The Labute approximate surface area is 86.5 Å². The normalized spacial score (nSPS) is 11.8. The van der Waals surface area contributed by atoms with Gasteiger partial charge in [-0.25, -0.2) is 17.8 Å². The number of rotatable bonds is 5. The summed E-state index contributed by atoms with van der Waals surface area (Å²) in [5.74, 6) is 0. The number of aromatic amines is 1. The summed E-state index contributed by atoms with van der Waals surface area (Å²) in [5, 5.41) is 9.65. The van der Waals surface area contributed by atoms with Gasteiger partial charge in [-0.1, -0.05) is 10.3 Å². The quantitative estimate of drug-likeness (QED) is 0.520. The lowest BCUT2D eigenvalue weighted by atomic mass is 10.4. The molecule has 1 heterocycles. The van der Waals surface area contributed by atoms with Crippen molar-refractivity contribution in [1.82, 2.24) is 24.9 Å². The van der Waals surface area contributed by atoms with Crippen molar-refractivity contribution >= 4 is 22.2 Å². The molecule has 2 N–H and O–H groups in total. The zero-order valence-corrected chi connectivity index (χ0v) is 9.23. The Kier molecular flexibility index (Phi) is 3.72. The summed E-state index contributed by atoms with van der Waals surface area (Å²) in [6.45, 7) is 0.938. The molecule has 7 nitrogen and oxygen atoms in total. The highest BCUT2D eigenvalue weighted by molar-refractivity contribution is 7.88. The molecule has 9 heteroatoms. The molecule has 1 rings (SSSR count). The predicted octanol–water partition coefficient (Wildman–Crippen LogP) is -0.725. The van der Waals surface area contributed by atoms with Crippen molar-refractivity contribution in [3.05, 3.63) is 4.77 Å². The van der Waals surface area contributed by atoms with Crippen molar-refractivity contribution in [2.75, 3.05) is 12.8 Å². The van der Waals surface area contributed by atoms with Gasteiger partial charge < -0.3 is 0 Å². The molecule has 0 aliphatic rings. The number of nitrogens with one attached hydrogen (secondary N) is 2. The third kappa shape index (κ3) is 3.94. The molecule has 0 aliphatic heterocycles. The molecular formula is C5H11N5O2S2. The zero-order valence-electron chi connectivity index (χ0n) is 7.60. The third-order valence-corrected chi connectivity index (χ3v) is 2.49. The minimum absolute atomic E-state index is 0.365. The summed E-state index contributed by atoms with van der Waals surface area (Å²) in [6.07, 6.45) is 1.75. The molecule has 1 aromatic heterocycles. The predicted molar refractivity (Wildman–Crippen MR) is 52.7 cm³/mol. The Hall–Kier alpha value is -0.800. The second kappa shape index (κ2) is 4.62. The molecule has 0 bridgehead atoms. The number of nitrogens with zero attached hydrogens (tertiary/aromatic N) is 3. The molecule has 0 amide bonds. The first kappa shape index (κ1) is 11.3. The average Bonchev–Trinajstić information content (AvgIpc) is 2.44. The molecule has 14 heavy (non-hydrogen) atoms. The van der Waals surface area contributed by atoms with Crippen molar-refractivity contribution in [2.45, 2.75) is 13.0 Å². The van der Waals surface area contributed by atoms with E-state index in [1.807, 2.05) is 0 Å². The van der Waals surface area contributed by atoms with E-state index in [1.54, 1.807) is 4.68 Å². The number of aryl methyl sites for hydroxylation is 1. The summed E-state index contributed by atoms with van der Waals surface area (Å²) in [4.78, 5) is 0. The van der Waals surface area contributed by atoms with Crippen LogP contribution in [0, 0.1) is 4.77 Å². The van der Waals surface area contributed by atoms with Gasteiger partial charge in [-0.3, -0.25) is 0 Å². The molecule has 80 valence electrons. The maximum Gasteiger partial charge on any atom is 0.238 e. The molecule has 0 aliphatic carbocycles. The van der Waals surface area contributed by atoms with Crippen LogP contribution in [0.5, 0.6) is 0 Å². The van der Waals surface area contributed by atoms with Crippen LogP contribution in [0.2, 0.25) is 0 Å². The molecule has 0 fully saturated rings. The molecule has 1 aromatic rings. The van der Waals surface area contributed by atoms with Gasteiger partial charge in [-0.05, 0) is 18.6 Å². The van der Waals surface area contributed by atoms with Crippen LogP contribution in [-0.4, -0.2) is 41.4 Å². The summed E-state index contributed by atoms with van der Waals surface area (Å²) in [6, 6.07) is 0. The van der Waals surface area contributed by atoms with E-state index < -0.39 is 10.0 Å². The average molecular weight is 237 g/mol. The van der Waals surface area contributed by atoms with Crippen molar-refractivity contribution in [1.29, 1.82) is 0 Å². The lowest BCUT2D eigenvalue weighted by molar-refractivity contribution is 0.540. The number of aromatic nitrogens is 4. The SMILES string of the molecule is CS(=O)(=O)NCCCn1[nH]nnc1=S. The highest BCUT2D eigenvalue weighted by Gasteiger charge is 1.99. The van der Waals surface area contributed by atoms with Gasteiger partial charge in [-0.15, -0.1) is 0 Å². The Morgan fingerprint density at radius 1 is 1.64 bits per heavy atom. The van der Waals surface area contributed by atoms with Crippen LogP contribution >= 0.6 is 12.2 Å². The molecule has 0 atom stereocenters. The number of hydrogen-bond acceptors (Lipinski definition) is 5. The van der Waals surface area contributed by atoms with Crippen molar-refractivity contribution in [3.63, 3.8) is 0 Å². The van der Waals surface area contributed by atoms with E-state index in [0.717, 1.165) is 6.26 Å². The Bertz CT molecular complexity index is 433. The number of hydrogen-bond donors (Lipinski definition) is 2. The Balaban J connectivity index is 2.30. The van der Waals surface area contributed by atoms with Crippen LogP contribution < -0.4 is 4.72 Å². The Morgan fingerprint density at radius 3 is 2.86 bits per heavy atom. The van der Waals surface area contributed by atoms with Gasteiger partial charge in [-0.2, -0.15) is 5.21 Å². The maximum absolute atomic E-state index is 10.7. The molecular weight excluding hydrogens is 226 g/mol. The van der Waals surface area contributed by atoms with Crippen LogP contribution in [0.25, 0.3) is 0 Å². The van der Waals surface area contributed by atoms with Crippen LogP contribution in [-0.2, 0) is 16.6 Å². The lowest BCUT2D eigenvalue weighted by Crippen LogP contribution is -2.24. The summed E-state index contributed by atoms with van der Waals surface area (Å²) in [5.41, 5.74) is 0. The van der Waals surface area contributed by atoms with Gasteiger partial charge in [0, 0.05) is 13.1 Å². The van der Waals surface area contributed by atoms with Crippen LogP contribution in [0.3, 0.4) is 0 Å². The molecule has 0 spiro atoms. The van der Waals surface area contributed by atoms with Gasteiger partial charge in [0.25, 0.3) is 0 Å². The standard InChI is InChI=1S/C5H11N5O2S2/c1-14(11,12)6-3-2-4-10-5(13)7-8-9-10/h6H,2-4H2,1H3,(H,7,9,13). The topological polar surface area (TPSA) is 92.7 Å². The largest absolute Gasteiger partial charge is 0.242 e. The van der Waals surface area contributed by atoms with E-state index in [4.69, 9.17) is 12.2 Å². The minimum atomic E-state index is -3.10. The van der Waals surface area contributed by atoms with E-state index >= 15 is 0 Å². The number of tetrazole rings is 1. The van der Waals surface area contributed by atoms with Crippen LogP contribution in [0.1, 0.15) is 6.42 Å². The van der Waals surface area contributed by atoms with E-state index in [-0.39, 0.29) is 0 Å². The fraction of sp³-hybridized carbons (Fsp3) is 0.800. The first-order valence-electron chi connectivity index (χ1n) is 3.91. The van der Waals surface area contributed by atoms with E-state index in [1.165, 1.54) is 0 Å². The highest BCUT2D eigenvalue weighted by Crippen LogP contribution is 1.88. The summed E-state index contributed by atoms with van der Waals surface area (Å²) < 4.78 is 25.7. The second-order valence-electron chi connectivity index (χ2n) is 2.75. The maximum atomic E-state index is 10.7. The van der Waals surface area contributed by atoms with Crippen molar-refractivity contribution in [3.8, 4) is 0 Å². The minimum Gasteiger partial charge on any atom is -0.242 e. The van der Waals surface area contributed by atoms with Crippen LogP contribution in [0.15, 0.2) is 0 Å². The van der Waals surface area contributed by atoms with E-state index in [0.29, 0.717) is 24.3 Å². The molecule has 0 saturated heterocycles. The fourth-order valence-corrected chi connectivity index (χ4v) is 1.54. The lowest BCUT2D eigenvalue weighted by Gasteiger charge is -2.01. The Morgan fingerprint density at radius 2 is 2.36 bits per heavy atom. The van der Waals surface area contributed by atoms with Gasteiger partial charge in [0.2, 0.25) is 14.8 Å². The number of H-pyrrole nitrogens is 1. The fourth-order valence-electron chi connectivity index (χ4n) is 0.856. The molecule has 0 aromatic carbocycles. The van der Waals surface area contributed by atoms with Gasteiger partial charge >= 0.3 is 0 Å². The van der Waals surface area contributed by atoms with Gasteiger partial charge in [0.05, 0.1) is 6.26 Å². The summed E-state index contributed by atoms with van der Waals surface area (Å²) >= 11 is 4.83. The summed E-state index contributed by atoms with van der Waals surface area (Å²) in [7, 11) is -3.10. The first-order chi connectivity index (χ1) is 6.49. The molecule has 0 saturated carbocycles. The number of sulfonamides is 1.